The molecule has 0 bridgehead atoms. The third-order valence-electron chi connectivity index (χ3n) is 1.98. The predicted molar refractivity (Wildman–Crippen MR) is 64.7 cm³/mol. The van der Waals surface area contributed by atoms with Crippen LogP contribution in [0.25, 0.3) is 0 Å². The van der Waals surface area contributed by atoms with Crippen LogP contribution in [-0.2, 0) is 0 Å². The Bertz CT molecular complexity index is 325. The highest BCUT2D eigenvalue weighted by atomic mass is 32.2. The Kier molecular flexibility index (Phi) is 5.14. The summed E-state index contributed by atoms with van der Waals surface area (Å²) in [4.78, 5) is 13.5. The Morgan fingerprint density at radius 2 is 2.47 bits per heavy atom. The monoisotopic (exact) mass is 245 g/mol. The van der Waals surface area contributed by atoms with Crippen LogP contribution in [0.1, 0.15) is 16.6 Å². The van der Waals surface area contributed by atoms with Crippen molar-refractivity contribution in [2.24, 2.45) is 5.92 Å². The van der Waals surface area contributed by atoms with Gasteiger partial charge in [-0.15, -0.1) is 23.1 Å². The van der Waals surface area contributed by atoms with Crippen LogP contribution in [0, 0.1) is 5.92 Å². The first-order valence-electron chi connectivity index (χ1n) is 4.69. The molecule has 2 N–H and O–H groups in total. The summed E-state index contributed by atoms with van der Waals surface area (Å²) in [5.41, 5.74) is 0. The van der Waals surface area contributed by atoms with Crippen LogP contribution in [-0.4, -0.2) is 30.4 Å². The van der Waals surface area contributed by atoms with Gasteiger partial charge in [0.25, 0.3) is 5.91 Å². The lowest BCUT2D eigenvalue weighted by Crippen LogP contribution is -2.29. The highest BCUT2D eigenvalue weighted by Gasteiger charge is 2.12. The van der Waals surface area contributed by atoms with E-state index < -0.39 is 0 Å². The zero-order valence-corrected chi connectivity index (χ0v) is 10.5. The van der Waals surface area contributed by atoms with E-state index in [1.54, 1.807) is 11.8 Å². The van der Waals surface area contributed by atoms with Crippen LogP contribution < -0.4 is 5.32 Å². The van der Waals surface area contributed by atoms with Gasteiger partial charge >= 0.3 is 0 Å². The van der Waals surface area contributed by atoms with E-state index in [9.17, 15) is 4.79 Å². The summed E-state index contributed by atoms with van der Waals surface area (Å²) in [7, 11) is 0. The summed E-state index contributed by atoms with van der Waals surface area (Å²) >= 11 is 3.02. The Balaban J connectivity index is 2.54. The van der Waals surface area contributed by atoms with Gasteiger partial charge in [0.05, 0.1) is 0 Å². The average molecular weight is 245 g/mol. The lowest BCUT2D eigenvalue weighted by Gasteiger charge is -2.09. The fourth-order valence-electron chi connectivity index (χ4n) is 1.04. The highest BCUT2D eigenvalue weighted by Crippen LogP contribution is 2.25. The van der Waals surface area contributed by atoms with E-state index in [4.69, 9.17) is 5.11 Å². The molecule has 84 valence electrons. The maximum absolute atomic E-state index is 11.7. The van der Waals surface area contributed by atoms with Crippen LogP contribution in [0.3, 0.4) is 0 Å². The fourth-order valence-corrected chi connectivity index (χ4v) is 2.70. The van der Waals surface area contributed by atoms with Gasteiger partial charge in [-0.1, -0.05) is 6.92 Å². The van der Waals surface area contributed by atoms with Crippen LogP contribution in [0.5, 0.6) is 0 Å². The molecule has 0 fully saturated rings. The number of hydrogen-bond donors (Lipinski definition) is 2. The molecule has 0 aliphatic carbocycles. The van der Waals surface area contributed by atoms with Gasteiger partial charge < -0.3 is 10.4 Å². The summed E-state index contributed by atoms with van der Waals surface area (Å²) in [5, 5.41) is 13.5. The van der Waals surface area contributed by atoms with Gasteiger partial charge in [0.15, 0.2) is 0 Å². The lowest BCUT2D eigenvalue weighted by atomic mass is 10.2. The number of hydrogen-bond acceptors (Lipinski definition) is 4. The van der Waals surface area contributed by atoms with Crippen molar-refractivity contribution >= 4 is 29.0 Å². The minimum Gasteiger partial charge on any atom is -0.396 e. The first-order chi connectivity index (χ1) is 7.19. The van der Waals surface area contributed by atoms with Crippen LogP contribution >= 0.6 is 23.1 Å². The van der Waals surface area contributed by atoms with Gasteiger partial charge in [-0.25, -0.2) is 0 Å². The zero-order valence-electron chi connectivity index (χ0n) is 8.82. The van der Waals surface area contributed by atoms with Crippen molar-refractivity contribution in [3.8, 4) is 0 Å². The van der Waals surface area contributed by atoms with Crippen molar-refractivity contribution in [3.63, 3.8) is 0 Å². The van der Waals surface area contributed by atoms with Crippen molar-refractivity contribution in [2.75, 3.05) is 19.4 Å². The largest absolute Gasteiger partial charge is 0.396 e. The van der Waals surface area contributed by atoms with E-state index >= 15 is 0 Å². The van der Waals surface area contributed by atoms with Crippen molar-refractivity contribution in [1.29, 1.82) is 0 Å². The van der Waals surface area contributed by atoms with Crippen LogP contribution in [0.4, 0.5) is 0 Å². The topological polar surface area (TPSA) is 49.3 Å². The van der Waals surface area contributed by atoms with E-state index in [-0.39, 0.29) is 18.4 Å². The number of thioether (sulfide) groups is 1. The molecule has 0 saturated heterocycles. The highest BCUT2D eigenvalue weighted by molar-refractivity contribution is 7.98. The normalized spacial score (nSPS) is 12.5. The number of thiophene rings is 1. The molecule has 1 unspecified atom stereocenters. The van der Waals surface area contributed by atoms with Gasteiger partial charge in [0.2, 0.25) is 0 Å². The molecule has 15 heavy (non-hydrogen) atoms. The second-order valence-corrected chi connectivity index (χ2v) is 5.08. The molecule has 5 heteroatoms. The summed E-state index contributed by atoms with van der Waals surface area (Å²) in [6.45, 7) is 2.51. The van der Waals surface area contributed by atoms with Gasteiger partial charge in [0.1, 0.15) is 4.88 Å². The molecule has 3 nitrogen and oxygen atoms in total. The standard InChI is InChI=1S/C10H15NO2S2/c1-7(6-12)5-11-10(13)9-8(14-2)3-4-15-9/h3-4,7,12H,5-6H2,1-2H3,(H,11,13). The molecule has 1 aromatic rings. The SMILES string of the molecule is CSc1ccsc1C(=O)NCC(C)CO. The van der Waals surface area contributed by atoms with Crippen LogP contribution in [0.15, 0.2) is 16.3 Å². The Hall–Kier alpha value is -0.520. The zero-order chi connectivity index (χ0) is 11.3. The number of aliphatic hydroxyl groups is 1. The number of aliphatic hydroxyl groups excluding tert-OH is 1. The summed E-state index contributed by atoms with van der Waals surface area (Å²) in [6.07, 6.45) is 1.95. The van der Waals surface area contributed by atoms with E-state index in [2.05, 4.69) is 5.32 Å². The third kappa shape index (κ3) is 3.52. The summed E-state index contributed by atoms with van der Waals surface area (Å²) in [5.74, 6) is 0.0568. The predicted octanol–water partition coefficient (Wildman–Crippen LogP) is 1.83. The minimum absolute atomic E-state index is 0.0466. The molecule has 0 aliphatic rings. The second-order valence-electron chi connectivity index (χ2n) is 3.32. The molecule has 1 atom stereocenters. The summed E-state index contributed by atoms with van der Waals surface area (Å²) in [6, 6.07) is 1.94. The number of nitrogens with one attached hydrogen (secondary N) is 1. The molecular formula is C10H15NO2S2. The van der Waals surface area contributed by atoms with Crippen molar-refractivity contribution in [2.45, 2.75) is 11.8 Å². The molecule has 0 radical (unpaired) electrons. The molecule has 1 aromatic heterocycles. The molecule has 1 rings (SSSR count). The Morgan fingerprint density at radius 1 is 1.73 bits per heavy atom. The van der Waals surface area contributed by atoms with Crippen molar-refractivity contribution < 1.29 is 9.90 Å². The number of carbonyl (C=O) groups is 1. The smallest absolute Gasteiger partial charge is 0.262 e. The third-order valence-corrected chi connectivity index (χ3v) is 3.80. The minimum atomic E-state index is -0.0466. The number of amides is 1. The van der Waals surface area contributed by atoms with E-state index in [0.717, 1.165) is 9.77 Å². The molecule has 0 aliphatic heterocycles. The van der Waals surface area contributed by atoms with E-state index in [1.165, 1.54) is 11.3 Å². The lowest BCUT2D eigenvalue weighted by molar-refractivity contribution is 0.0944. The van der Waals surface area contributed by atoms with E-state index in [0.29, 0.717) is 6.54 Å². The molecular weight excluding hydrogens is 230 g/mol. The molecule has 1 heterocycles. The van der Waals surface area contributed by atoms with E-state index in [1.807, 2.05) is 24.6 Å². The second kappa shape index (κ2) is 6.15. The molecule has 0 aromatic carbocycles. The van der Waals surface area contributed by atoms with Gasteiger partial charge in [-0.05, 0) is 23.6 Å². The Morgan fingerprint density at radius 3 is 3.07 bits per heavy atom. The van der Waals surface area contributed by atoms with Gasteiger partial charge in [-0.3, -0.25) is 4.79 Å². The number of carbonyl (C=O) groups excluding carboxylic acids is 1. The summed E-state index contributed by atoms with van der Waals surface area (Å²) < 4.78 is 0. The van der Waals surface area contributed by atoms with Gasteiger partial charge in [0, 0.05) is 18.0 Å². The number of rotatable bonds is 5. The first kappa shape index (κ1) is 12.5. The van der Waals surface area contributed by atoms with Crippen molar-refractivity contribution in [1.82, 2.24) is 5.32 Å². The van der Waals surface area contributed by atoms with Crippen molar-refractivity contribution in [3.05, 3.63) is 16.3 Å². The molecule has 0 saturated carbocycles. The first-order valence-corrected chi connectivity index (χ1v) is 6.80. The van der Waals surface area contributed by atoms with Gasteiger partial charge in [-0.2, -0.15) is 0 Å². The molecule has 1 amide bonds. The quantitative estimate of drug-likeness (QED) is 0.778. The fraction of sp³-hybridized carbons (Fsp3) is 0.500. The maximum atomic E-state index is 11.7. The van der Waals surface area contributed by atoms with Crippen LogP contribution in [0.2, 0.25) is 0 Å². The Labute approximate surface area is 97.9 Å². The average Bonchev–Trinajstić information content (AvgIpc) is 2.73. The maximum Gasteiger partial charge on any atom is 0.262 e. The molecule has 0 spiro atoms.